The van der Waals surface area contributed by atoms with Crippen LogP contribution in [0.25, 0.3) is 0 Å². The van der Waals surface area contributed by atoms with E-state index < -0.39 is 22.6 Å². The fourth-order valence-electron chi connectivity index (χ4n) is 0. The molecule has 15 nitrogen and oxygen atoms in total. The molecule has 96 valence electrons. The van der Waals surface area contributed by atoms with Gasteiger partial charge in [0.15, 0.2) is 0 Å². The van der Waals surface area contributed by atoms with Crippen molar-refractivity contribution < 1.29 is 81.7 Å². The topological polar surface area (TPSA) is 259 Å². The summed E-state index contributed by atoms with van der Waals surface area (Å²) in [6, 6.07) is 0. The third-order valence-corrected chi connectivity index (χ3v) is 0. The minimum Gasteiger partial charge on any atom is -0.402 e. The zero-order chi connectivity index (χ0) is 14.3. The van der Waals surface area contributed by atoms with E-state index in [2.05, 4.69) is 0 Å². The van der Waals surface area contributed by atoms with Crippen LogP contribution in [-0.2, 0) is 0 Å². The Morgan fingerprint density at radius 3 is 0.667 bits per heavy atom. The van der Waals surface area contributed by atoms with Gasteiger partial charge in [0, 0.05) is 0 Å². The van der Waals surface area contributed by atoms with Crippen LogP contribution in [0.5, 0.6) is 0 Å². The predicted octanol–water partition coefficient (Wildman–Crippen LogP) is -6.15. The molecule has 0 aromatic heterocycles. The molecule has 0 aromatic rings. The zero-order valence-electron chi connectivity index (χ0n) is 8.64. The minimum absolute atomic E-state index is 0. The minimum atomic E-state index is -2.17. The molecule has 0 saturated heterocycles. The standard InChI is InChI=1S/BH3O3.Ca.K.3NO3/c2-1(3)4;;;3*2-1(3)4/h2-4H;;;;;/q;+2;+1;3*-1. The van der Waals surface area contributed by atoms with Crippen molar-refractivity contribution in [2.45, 2.75) is 0 Å². The molecule has 0 spiro atoms. The Kier molecular flexibility index (Phi) is 61.3. The molecule has 0 aliphatic carbocycles. The van der Waals surface area contributed by atoms with E-state index >= 15 is 0 Å². The van der Waals surface area contributed by atoms with Crippen LogP contribution in [0.1, 0.15) is 0 Å². The maximum atomic E-state index is 8.25. The smallest absolute Gasteiger partial charge is 0.402 e. The SMILES string of the molecule is O=[N+]([O-])[O-].O=[N+]([O-])[O-].O=[N+]([O-])[O-].OB(O)O.[Ca+2].[K+]. The molecule has 3 N–H and O–H groups in total. The van der Waals surface area contributed by atoms with Gasteiger partial charge in [-0.15, -0.1) is 0 Å². The Hall–Kier alpha value is 0.441. The van der Waals surface area contributed by atoms with Crippen molar-refractivity contribution in [2.24, 2.45) is 0 Å². The van der Waals surface area contributed by atoms with E-state index in [1.807, 2.05) is 0 Å². The van der Waals surface area contributed by atoms with Crippen molar-refractivity contribution in [3.63, 3.8) is 0 Å². The summed E-state index contributed by atoms with van der Waals surface area (Å²) in [4.78, 5) is 24.8. The van der Waals surface area contributed by atoms with Gasteiger partial charge in [0.1, 0.15) is 0 Å². The molecular formula is H3BCaKN3O12. The predicted molar refractivity (Wildman–Crippen MR) is 49.2 cm³/mol. The van der Waals surface area contributed by atoms with Crippen molar-refractivity contribution in [1.29, 1.82) is 0 Å². The maximum absolute atomic E-state index is 8.25. The van der Waals surface area contributed by atoms with Gasteiger partial charge in [-0.3, -0.25) is 0 Å². The van der Waals surface area contributed by atoms with Crippen LogP contribution in [0.4, 0.5) is 0 Å². The van der Waals surface area contributed by atoms with Gasteiger partial charge >= 0.3 is 96.4 Å². The monoisotopic (exact) mass is 327 g/mol. The third kappa shape index (κ3) is 20200. The van der Waals surface area contributed by atoms with E-state index in [1.165, 1.54) is 0 Å². The first kappa shape index (κ1) is 36.2. The molecule has 0 atom stereocenters. The number of hydrogen-bond donors (Lipinski definition) is 3. The van der Waals surface area contributed by atoms with E-state index in [4.69, 9.17) is 61.0 Å². The summed E-state index contributed by atoms with van der Waals surface area (Å²) in [5, 5.41) is 65.8. The first-order valence-corrected chi connectivity index (χ1v) is 2.42. The van der Waals surface area contributed by atoms with E-state index in [9.17, 15) is 0 Å². The van der Waals surface area contributed by atoms with Crippen LogP contribution >= 0.6 is 0 Å². The van der Waals surface area contributed by atoms with Gasteiger partial charge in [0.2, 0.25) is 0 Å². The summed E-state index contributed by atoms with van der Waals surface area (Å²) >= 11 is 0. The number of hydrogen-bond acceptors (Lipinski definition) is 12. The molecule has 0 aromatic carbocycles. The number of rotatable bonds is 0. The van der Waals surface area contributed by atoms with Gasteiger partial charge in [-0.05, 0) is 0 Å². The van der Waals surface area contributed by atoms with E-state index in [1.54, 1.807) is 0 Å². The van der Waals surface area contributed by atoms with Gasteiger partial charge in [-0.1, -0.05) is 0 Å². The van der Waals surface area contributed by atoms with E-state index in [0.717, 1.165) is 0 Å². The van der Waals surface area contributed by atoms with Crippen molar-refractivity contribution in [3.8, 4) is 0 Å². The molecule has 0 amide bonds. The number of nitrogens with zero attached hydrogens (tertiary/aromatic N) is 3. The summed E-state index contributed by atoms with van der Waals surface area (Å²) in [6.45, 7) is 0. The Labute approximate surface area is 170 Å². The molecule has 18 heteroatoms. The van der Waals surface area contributed by atoms with E-state index in [-0.39, 0.29) is 89.1 Å². The second-order valence-corrected chi connectivity index (χ2v) is 1.02. The maximum Gasteiger partial charge on any atom is 2.00 e. The summed E-state index contributed by atoms with van der Waals surface area (Å²) in [5.41, 5.74) is 0. The molecular weight excluding hydrogens is 324 g/mol. The molecule has 0 unspecified atom stereocenters. The third-order valence-electron chi connectivity index (χ3n) is 0. The molecule has 0 fully saturated rings. The fraction of sp³-hybridized carbons (Fsp3) is 0. The average Bonchev–Trinajstić information content (AvgIpc) is 1.76. The Balaban J connectivity index is -0.0000000257. The summed E-state index contributed by atoms with van der Waals surface area (Å²) in [6.07, 6.45) is 0. The van der Waals surface area contributed by atoms with Crippen LogP contribution in [0.15, 0.2) is 0 Å². The normalized spacial score (nSPS) is 5.50. The van der Waals surface area contributed by atoms with Gasteiger partial charge in [0.25, 0.3) is 0 Å². The van der Waals surface area contributed by atoms with Crippen molar-refractivity contribution in [2.75, 3.05) is 0 Å². The Bertz CT molecular complexity index is 154. The molecule has 0 heterocycles. The van der Waals surface area contributed by atoms with Crippen LogP contribution < -0.4 is 51.4 Å². The van der Waals surface area contributed by atoms with Crippen molar-refractivity contribution >= 4 is 45.1 Å². The first-order chi connectivity index (χ1) is 6.93. The largest absolute Gasteiger partial charge is 2.00 e. The quantitative estimate of drug-likeness (QED) is 0.213. The fourth-order valence-corrected chi connectivity index (χ4v) is 0. The average molecular weight is 327 g/mol. The van der Waals surface area contributed by atoms with Crippen molar-refractivity contribution in [3.05, 3.63) is 46.0 Å². The molecule has 0 rings (SSSR count). The van der Waals surface area contributed by atoms with Gasteiger partial charge < -0.3 is 61.0 Å². The Morgan fingerprint density at radius 1 is 0.667 bits per heavy atom. The molecule has 0 aliphatic heterocycles. The summed E-state index contributed by atoms with van der Waals surface area (Å²) in [5.74, 6) is 0. The summed E-state index contributed by atoms with van der Waals surface area (Å²) in [7, 11) is -2.17. The molecule has 0 radical (unpaired) electrons. The molecule has 0 aliphatic rings. The van der Waals surface area contributed by atoms with Crippen LogP contribution in [-0.4, -0.2) is 75.4 Å². The van der Waals surface area contributed by atoms with Crippen LogP contribution in [0.2, 0.25) is 0 Å². The zero-order valence-corrected chi connectivity index (χ0v) is 14.0. The summed E-state index contributed by atoms with van der Waals surface area (Å²) < 4.78 is 0. The van der Waals surface area contributed by atoms with Gasteiger partial charge in [-0.2, -0.15) is 0 Å². The molecule has 0 saturated carbocycles. The van der Waals surface area contributed by atoms with E-state index in [0.29, 0.717) is 0 Å². The first-order valence-electron chi connectivity index (χ1n) is 2.42. The second-order valence-electron chi connectivity index (χ2n) is 1.02. The Morgan fingerprint density at radius 2 is 0.667 bits per heavy atom. The van der Waals surface area contributed by atoms with Crippen molar-refractivity contribution in [1.82, 2.24) is 0 Å². The van der Waals surface area contributed by atoms with Gasteiger partial charge in [0.05, 0.1) is 15.3 Å². The molecule has 0 bridgehead atoms. The van der Waals surface area contributed by atoms with Gasteiger partial charge in [-0.25, -0.2) is 0 Å². The van der Waals surface area contributed by atoms with Crippen LogP contribution in [0.3, 0.4) is 0 Å². The second kappa shape index (κ2) is 30.5. The van der Waals surface area contributed by atoms with Crippen LogP contribution in [0, 0.1) is 46.0 Å². The molecule has 18 heavy (non-hydrogen) atoms.